The van der Waals surface area contributed by atoms with Gasteiger partial charge in [-0.25, -0.2) is 4.79 Å². The molecule has 0 radical (unpaired) electrons. The summed E-state index contributed by atoms with van der Waals surface area (Å²) >= 11 is 0. The van der Waals surface area contributed by atoms with Crippen molar-refractivity contribution in [3.8, 4) is 0 Å². The number of hydrogen-bond donors (Lipinski definition) is 0. The van der Waals surface area contributed by atoms with Crippen LogP contribution in [0.25, 0.3) is 0 Å². The van der Waals surface area contributed by atoms with Gasteiger partial charge in [-0.1, -0.05) is 43.2 Å². The summed E-state index contributed by atoms with van der Waals surface area (Å²) in [6.45, 7) is -0.902. The van der Waals surface area contributed by atoms with Gasteiger partial charge in [0.25, 0.3) is 0 Å². The summed E-state index contributed by atoms with van der Waals surface area (Å²) < 4.78 is 68.6. The van der Waals surface area contributed by atoms with E-state index in [1.165, 1.54) is 4.90 Å². The average Bonchev–Trinajstić information content (AvgIpc) is 3.11. The first-order valence-electron chi connectivity index (χ1n) is 10.1. The van der Waals surface area contributed by atoms with Gasteiger partial charge in [-0.3, -0.25) is 8.98 Å². The molecule has 1 aliphatic heterocycles. The van der Waals surface area contributed by atoms with Crippen molar-refractivity contribution in [2.45, 2.75) is 62.7 Å². The molecule has 1 saturated heterocycles. The molecule has 1 aromatic rings. The fourth-order valence-corrected chi connectivity index (χ4v) is 4.73. The van der Waals surface area contributed by atoms with Gasteiger partial charge in [-0.15, -0.1) is 0 Å². The fraction of sp³-hybridized carbons (Fsp3) is 0.600. The first-order valence-corrected chi connectivity index (χ1v) is 11.5. The summed E-state index contributed by atoms with van der Waals surface area (Å²) in [7, 11) is -5.77. The van der Waals surface area contributed by atoms with Crippen molar-refractivity contribution in [1.29, 1.82) is 0 Å². The molecule has 0 spiro atoms. The summed E-state index contributed by atoms with van der Waals surface area (Å²) in [6.07, 6.45) is 3.21. The maximum absolute atomic E-state index is 12.8. The molecule has 0 bridgehead atoms. The van der Waals surface area contributed by atoms with Crippen molar-refractivity contribution >= 4 is 22.0 Å². The third-order valence-electron chi connectivity index (χ3n) is 5.71. The lowest BCUT2D eigenvalue weighted by Gasteiger charge is -2.33. The Balaban J connectivity index is 1.65. The van der Waals surface area contributed by atoms with Gasteiger partial charge >= 0.3 is 21.6 Å². The summed E-state index contributed by atoms with van der Waals surface area (Å²) in [5.41, 5.74) is -4.77. The second kappa shape index (κ2) is 9.56. The Morgan fingerprint density at radius 1 is 1.10 bits per heavy atom. The van der Waals surface area contributed by atoms with Crippen molar-refractivity contribution in [2.24, 2.45) is 5.92 Å². The molecular formula is C20H24F3NO6S. The van der Waals surface area contributed by atoms with Crippen LogP contribution in [-0.4, -0.2) is 49.4 Å². The number of amides is 1. The lowest BCUT2D eigenvalue weighted by atomic mass is 9.84. The minimum absolute atomic E-state index is 0.0421. The molecule has 2 aliphatic rings. The van der Waals surface area contributed by atoms with Crippen LogP contribution in [0.3, 0.4) is 0 Å². The molecular weight excluding hydrogens is 439 g/mol. The Hall–Kier alpha value is -2.14. The number of hydrogen-bond acceptors (Lipinski definition) is 6. The largest absolute Gasteiger partial charge is 0.523 e. The molecule has 0 unspecified atom stereocenters. The predicted molar refractivity (Wildman–Crippen MR) is 103 cm³/mol. The Morgan fingerprint density at radius 2 is 1.77 bits per heavy atom. The zero-order chi connectivity index (χ0) is 22.6. The molecule has 11 heteroatoms. The second-order valence-electron chi connectivity index (χ2n) is 7.73. The molecule has 172 valence electrons. The molecule has 0 N–H and O–H groups in total. The van der Waals surface area contributed by atoms with Gasteiger partial charge < -0.3 is 9.64 Å². The minimum Gasteiger partial charge on any atom is -0.459 e. The van der Waals surface area contributed by atoms with Crippen LogP contribution in [0.2, 0.25) is 0 Å². The molecule has 1 aromatic carbocycles. The van der Waals surface area contributed by atoms with Crippen LogP contribution >= 0.6 is 0 Å². The smallest absolute Gasteiger partial charge is 0.459 e. The van der Waals surface area contributed by atoms with Gasteiger partial charge in [-0.05, 0) is 30.7 Å². The molecule has 1 amide bonds. The molecule has 1 heterocycles. The lowest BCUT2D eigenvalue weighted by molar-refractivity contribution is -0.156. The van der Waals surface area contributed by atoms with E-state index in [0.717, 1.165) is 24.8 Å². The molecule has 0 aromatic heterocycles. The number of nitrogens with zero attached hydrogens (tertiary/aromatic N) is 1. The van der Waals surface area contributed by atoms with E-state index in [0.29, 0.717) is 12.8 Å². The normalized spacial score (nSPS) is 24.0. The van der Waals surface area contributed by atoms with Crippen molar-refractivity contribution < 1.29 is 40.1 Å². The SMILES string of the molecule is O=C(OCc1ccccc1)[C@@H]1C[C@H]2CCCC[C@@H]2N1C(=O)CCOS(=O)(=O)C(F)(F)F. The Labute approximate surface area is 178 Å². The third kappa shape index (κ3) is 5.57. The number of alkyl halides is 3. The predicted octanol–water partition coefficient (Wildman–Crippen LogP) is 3.15. The Kier molecular flexibility index (Phi) is 7.25. The highest BCUT2D eigenvalue weighted by molar-refractivity contribution is 7.87. The van der Waals surface area contributed by atoms with E-state index >= 15 is 0 Å². The van der Waals surface area contributed by atoms with Crippen LogP contribution in [0, 0.1) is 5.92 Å². The van der Waals surface area contributed by atoms with Crippen LogP contribution in [0.15, 0.2) is 30.3 Å². The third-order valence-corrected chi connectivity index (χ3v) is 6.75. The number of rotatable bonds is 7. The van der Waals surface area contributed by atoms with Gasteiger partial charge in [0.2, 0.25) is 5.91 Å². The van der Waals surface area contributed by atoms with Crippen LogP contribution in [0.1, 0.15) is 44.1 Å². The number of halogens is 3. The molecule has 3 atom stereocenters. The topological polar surface area (TPSA) is 90.0 Å². The second-order valence-corrected chi connectivity index (χ2v) is 9.34. The first-order chi connectivity index (χ1) is 14.6. The number of benzene rings is 1. The molecule has 2 fully saturated rings. The number of fused-ring (bicyclic) bond motifs is 1. The minimum atomic E-state index is -5.77. The highest BCUT2D eigenvalue weighted by atomic mass is 32.2. The Bertz CT molecular complexity index is 890. The number of carbonyl (C=O) groups is 2. The maximum Gasteiger partial charge on any atom is 0.523 e. The number of likely N-dealkylation sites (tertiary alicyclic amines) is 1. The van der Waals surface area contributed by atoms with Crippen LogP contribution in [0.4, 0.5) is 13.2 Å². The zero-order valence-electron chi connectivity index (χ0n) is 16.7. The molecule has 1 saturated carbocycles. The van der Waals surface area contributed by atoms with Gasteiger partial charge in [0.1, 0.15) is 12.6 Å². The van der Waals surface area contributed by atoms with Crippen LogP contribution in [0.5, 0.6) is 0 Å². The lowest BCUT2D eigenvalue weighted by Crippen LogP contribution is -2.47. The maximum atomic E-state index is 12.8. The Morgan fingerprint density at radius 3 is 2.45 bits per heavy atom. The highest BCUT2D eigenvalue weighted by Gasteiger charge is 2.49. The van der Waals surface area contributed by atoms with Crippen molar-refractivity contribution in [3.63, 3.8) is 0 Å². The van der Waals surface area contributed by atoms with E-state index < -0.39 is 46.6 Å². The highest BCUT2D eigenvalue weighted by Crippen LogP contribution is 2.40. The van der Waals surface area contributed by atoms with Crippen molar-refractivity contribution in [3.05, 3.63) is 35.9 Å². The summed E-state index contributed by atoms with van der Waals surface area (Å²) in [6, 6.07) is 7.97. The quantitative estimate of drug-likeness (QED) is 0.351. The van der Waals surface area contributed by atoms with E-state index in [9.17, 15) is 31.2 Å². The van der Waals surface area contributed by atoms with Crippen LogP contribution < -0.4 is 0 Å². The molecule has 1 aliphatic carbocycles. The number of esters is 1. The van der Waals surface area contributed by atoms with E-state index in [2.05, 4.69) is 4.18 Å². The molecule has 7 nitrogen and oxygen atoms in total. The monoisotopic (exact) mass is 463 g/mol. The standard InChI is InChI=1S/C20H24F3NO6S/c21-20(22,23)31(27,28)30-11-10-18(25)24-16-9-5-4-8-15(16)12-17(24)19(26)29-13-14-6-2-1-3-7-14/h1-3,6-7,15-17H,4-5,8-13H2/t15-,16+,17+/m1/s1. The number of ether oxygens (including phenoxy) is 1. The van der Waals surface area contributed by atoms with E-state index in [1.807, 2.05) is 6.07 Å². The van der Waals surface area contributed by atoms with E-state index in [4.69, 9.17) is 4.74 Å². The average molecular weight is 463 g/mol. The first kappa shape index (κ1) is 23.5. The van der Waals surface area contributed by atoms with Crippen LogP contribution in [-0.2, 0) is 35.2 Å². The van der Waals surface area contributed by atoms with Gasteiger partial charge in [0, 0.05) is 6.04 Å². The van der Waals surface area contributed by atoms with Gasteiger partial charge in [0.05, 0.1) is 13.0 Å². The van der Waals surface area contributed by atoms with Gasteiger partial charge in [-0.2, -0.15) is 21.6 Å². The van der Waals surface area contributed by atoms with Crippen molar-refractivity contribution in [1.82, 2.24) is 4.90 Å². The summed E-state index contributed by atoms with van der Waals surface area (Å²) in [4.78, 5) is 26.9. The zero-order valence-corrected chi connectivity index (χ0v) is 17.5. The number of carbonyl (C=O) groups excluding carboxylic acids is 2. The van der Waals surface area contributed by atoms with Crippen molar-refractivity contribution in [2.75, 3.05) is 6.61 Å². The van der Waals surface area contributed by atoms with E-state index in [1.54, 1.807) is 24.3 Å². The summed E-state index contributed by atoms with van der Waals surface area (Å²) in [5.74, 6) is -1.09. The molecule has 31 heavy (non-hydrogen) atoms. The summed E-state index contributed by atoms with van der Waals surface area (Å²) in [5, 5.41) is 0. The van der Waals surface area contributed by atoms with E-state index in [-0.39, 0.29) is 18.6 Å². The molecule has 3 rings (SSSR count). The fourth-order valence-electron chi connectivity index (χ4n) is 4.29. The van der Waals surface area contributed by atoms with Gasteiger partial charge in [0.15, 0.2) is 0 Å².